The van der Waals surface area contributed by atoms with Crippen molar-refractivity contribution in [3.63, 3.8) is 0 Å². The van der Waals surface area contributed by atoms with E-state index in [0.29, 0.717) is 11.0 Å². The minimum atomic E-state index is -1.56. The first-order valence-corrected chi connectivity index (χ1v) is 10.0. The second-order valence-electron chi connectivity index (χ2n) is 7.68. The molecule has 0 saturated heterocycles. The van der Waals surface area contributed by atoms with Gasteiger partial charge < -0.3 is 15.2 Å². The van der Waals surface area contributed by atoms with Crippen molar-refractivity contribution in [1.82, 2.24) is 9.88 Å². The molecule has 2 N–H and O–H groups in total. The topological polar surface area (TPSA) is 115 Å². The highest BCUT2D eigenvalue weighted by atomic mass is 19.1. The van der Waals surface area contributed by atoms with Crippen LogP contribution in [0.25, 0.3) is 21.8 Å². The van der Waals surface area contributed by atoms with E-state index in [1.807, 2.05) is 24.3 Å². The summed E-state index contributed by atoms with van der Waals surface area (Å²) in [6.45, 7) is 1.84. The molecule has 2 aromatic carbocycles. The van der Waals surface area contributed by atoms with Crippen molar-refractivity contribution >= 4 is 45.6 Å². The number of benzene rings is 2. The van der Waals surface area contributed by atoms with Crippen molar-refractivity contribution in [3.05, 3.63) is 48.5 Å². The number of ether oxygens (including phenoxy) is 1. The smallest absolute Gasteiger partial charge is 0.419 e. The van der Waals surface area contributed by atoms with Crippen LogP contribution in [0.2, 0.25) is 0 Å². The Bertz CT molecular complexity index is 1130. The number of ketones is 1. The number of carbonyl (C=O) groups excluding carboxylic acids is 3. The van der Waals surface area contributed by atoms with Crippen LogP contribution in [-0.4, -0.2) is 52.2 Å². The molecule has 168 valence electrons. The van der Waals surface area contributed by atoms with Crippen molar-refractivity contribution < 1.29 is 33.4 Å². The summed E-state index contributed by atoms with van der Waals surface area (Å²) in [5.74, 6) is -3.82. The molecule has 1 aromatic heterocycles. The number of para-hydroxylation sites is 2. The van der Waals surface area contributed by atoms with E-state index in [1.165, 1.54) is 4.57 Å². The molecule has 2 atom stereocenters. The second-order valence-corrected chi connectivity index (χ2v) is 7.68. The van der Waals surface area contributed by atoms with Crippen molar-refractivity contribution in [3.8, 4) is 0 Å². The number of carbonyl (C=O) groups is 4. The third-order valence-electron chi connectivity index (χ3n) is 5.07. The zero-order valence-corrected chi connectivity index (χ0v) is 17.6. The van der Waals surface area contributed by atoms with Crippen LogP contribution in [-0.2, 0) is 19.1 Å². The zero-order chi connectivity index (χ0) is 23.4. The first-order valence-electron chi connectivity index (χ1n) is 10.0. The van der Waals surface area contributed by atoms with Crippen LogP contribution in [0, 0.1) is 5.92 Å². The molecule has 1 amide bonds. The summed E-state index contributed by atoms with van der Waals surface area (Å²) in [6.07, 6.45) is -2.91. The number of rotatable bonds is 8. The molecule has 32 heavy (non-hydrogen) atoms. The summed E-state index contributed by atoms with van der Waals surface area (Å²) in [5, 5.41) is 12.8. The summed E-state index contributed by atoms with van der Waals surface area (Å²) < 4.78 is 19.7. The molecule has 8 nitrogen and oxygen atoms in total. The summed E-state index contributed by atoms with van der Waals surface area (Å²) >= 11 is 0. The van der Waals surface area contributed by atoms with Gasteiger partial charge in [-0.2, -0.15) is 0 Å². The number of aliphatic carboxylic acids is 1. The van der Waals surface area contributed by atoms with Crippen molar-refractivity contribution in [2.75, 3.05) is 6.67 Å². The molecule has 9 heteroatoms. The van der Waals surface area contributed by atoms with Gasteiger partial charge in [0.15, 0.2) is 11.9 Å². The van der Waals surface area contributed by atoms with E-state index in [-0.39, 0.29) is 0 Å². The van der Waals surface area contributed by atoms with Gasteiger partial charge in [-0.25, -0.2) is 13.8 Å². The van der Waals surface area contributed by atoms with Crippen LogP contribution in [0.5, 0.6) is 0 Å². The van der Waals surface area contributed by atoms with Crippen LogP contribution in [0.1, 0.15) is 20.3 Å². The molecule has 1 heterocycles. The molecule has 3 rings (SSSR count). The number of hydrogen-bond acceptors (Lipinski definition) is 5. The maximum absolute atomic E-state index is 13.1. The average molecular weight is 442 g/mol. The molecular weight excluding hydrogens is 419 g/mol. The van der Waals surface area contributed by atoms with E-state index in [4.69, 9.17) is 9.84 Å². The Kier molecular flexibility index (Phi) is 6.87. The molecule has 1 unspecified atom stereocenters. The maximum atomic E-state index is 13.1. The Balaban J connectivity index is 1.91. The quantitative estimate of drug-likeness (QED) is 0.553. The largest absolute Gasteiger partial charge is 0.481 e. The van der Waals surface area contributed by atoms with Gasteiger partial charge in [0, 0.05) is 10.8 Å². The summed E-state index contributed by atoms with van der Waals surface area (Å²) in [5.41, 5.74) is 1.19. The number of fused-ring (bicyclic) bond motifs is 3. The lowest BCUT2D eigenvalue weighted by atomic mass is 10.0. The molecule has 3 aromatic rings. The lowest BCUT2D eigenvalue weighted by molar-refractivity contribution is -0.141. The van der Waals surface area contributed by atoms with E-state index in [2.05, 4.69) is 5.32 Å². The Hall–Kier alpha value is -3.75. The van der Waals surface area contributed by atoms with E-state index in [9.17, 15) is 23.6 Å². The lowest BCUT2D eigenvalue weighted by Crippen LogP contribution is -2.49. The average Bonchev–Trinajstić information content (AvgIpc) is 3.10. The number of carboxylic acids is 1. The lowest BCUT2D eigenvalue weighted by Gasteiger charge is -2.23. The number of nitrogens with one attached hydrogen (secondary N) is 1. The van der Waals surface area contributed by atoms with Crippen molar-refractivity contribution in [2.24, 2.45) is 5.92 Å². The Morgan fingerprint density at radius 3 is 2.00 bits per heavy atom. The third-order valence-corrected chi connectivity index (χ3v) is 5.07. The fourth-order valence-electron chi connectivity index (χ4n) is 3.54. The van der Waals surface area contributed by atoms with Crippen LogP contribution in [0.4, 0.5) is 9.18 Å². The van der Waals surface area contributed by atoms with Gasteiger partial charge in [0.2, 0.25) is 0 Å². The van der Waals surface area contributed by atoms with Gasteiger partial charge in [-0.15, -0.1) is 0 Å². The van der Waals surface area contributed by atoms with Gasteiger partial charge in [0.1, 0.15) is 12.7 Å². The number of hydrogen-bond donors (Lipinski definition) is 2. The SMILES string of the molecule is CC(C)[C@H](OC(=O)n1c2ccccc2c2ccccc21)C(=O)NC(CC(=O)O)C(=O)CF. The highest BCUT2D eigenvalue weighted by Gasteiger charge is 2.32. The van der Waals surface area contributed by atoms with E-state index in [0.717, 1.165) is 10.8 Å². The Morgan fingerprint density at radius 1 is 1.00 bits per heavy atom. The van der Waals surface area contributed by atoms with Gasteiger partial charge in [-0.05, 0) is 18.1 Å². The van der Waals surface area contributed by atoms with E-state index in [1.54, 1.807) is 38.1 Å². The van der Waals surface area contributed by atoms with Crippen LogP contribution < -0.4 is 5.32 Å². The standard InChI is InChI=1S/C23H23FN2O6/c1-13(2)21(22(30)25-16(11-20(28)29)19(27)12-24)32-23(31)26-17-9-5-3-7-14(17)15-8-4-6-10-18(15)26/h3-10,13,16,21H,11-12H2,1-2H3,(H,25,30)(H,28,29)/t16?,21-/m0/s1. The molecule has 0 radical (unpaired) electrons. The first-order chi connectivity index (χ1) is 15.2. The number of aromatic nitrogens is 1. The molecule has 0 aliphatic rings. The van der Waals surface area contributed by atoms with Crippen molar-refractivity contribution in [1.29, 1.82) is 0 Å². The van der Waals surface area contributed by atoms with Crippen molar-refractivity contribution in [2.45, 2.75) is 32.4 Å². The zero-order valence-electron chi connectivity index (χ0n) is 17.6. The number of nitrogens with zero attached hydrogens (tertiary/aromatic N) is 1. The van der Waals surface area contributed by atoms with Gasteiger partial charge in [0.05, 0.1) is 17.5 Å². The molecule has 0 aliphatic carbocycles. The van der Waals surface area contributed by atoms with E-state index >= 15 is 0 Å². The molecule has 0 fully saturated rings. The monoisotopic (exact) mass is 442 g/mol. The van der Waals surface area contributed by atoms with Crippen LogP contribution in [0.15, 0.2) is 48.5 Å². The fourth-order valence-corrected chi connectivity index (χ4v) is 3.54. The Morgan fingerprint density at radius 2 is 1.53 bits per heavy atom. The molecule has 0 bridgehead atoms. The predicted octanol–water partition coefficient (Wildman–Crippen LogP) is 3.30. The molecular formula is C23H23FN2O6. The number of alkyl halides is 1. The molecule has 0 aliphatic heterocycles. The first kappa shape index (κ1) is 22.9. The number of carboxylic acid groups (broad SMARTS) is 1. The third kappa shape index (κ3) is 4.61. The highest BCUT2D eigenvalue weighted by Crippen LogP contribution is 2.29. The molecule has 0 saturated carbocycles. The van der Waals surface area contributed by atoms with Crippen LogP contribution in [0.3, 0.4) is 0 Å². The number of Topliss-reactive ketones (excluding diaryl/α,β-unsaturated/α-hetero) is 1. The second kappa shape index (κ2) is 9.59. The minimum absolute atomic E-state index is 0.502. The predicted molar refractivity (Wildman–Crippen MR) is 115 cm³/mol. The van der Waals surface area contributed by atoms with Crippen LogP contribution >= 0.6 is 0 Å². The minimum Gasteiger partial charge on any atom is -0.481 e. The van der Waals surface area contributed by atoms with E-state index < -0.39 is 54.9 Å². The summed E-state index contributed by atoms with van der Waals surface area (Å²) in [6, 6.07) is 12.9. The molecule has 0 spiro atoms. The maximum Gasteiger partial charge on any atom is 0.419 e. The highest BCUT2D eigenvalue weighted by molar-refractivity contribution is 6.12. The summed E-state index contributed by atoms with van der Waals surface area (Å²) in [4.78, 5) is 48.6. The van der Waals surface area contributed by atoms with Gasteiger partial charge >= 0.3 is 12.1 Å². The summed E-state index contributed by atoms with van der Waals surface area (Å²) in [7, 11) is 0. The van der Waals surface area contributed by atoms with Gasteiger partial charge in [-0.3, -0.25) is 14.4 Å². The number of halogens is 1. The number of amides is 1. The van der Waals surface area contributed by atoms with Gasteiger partial charge in [0.25, 0.3) is 5.91 Å². The Labute approximate surface area is 182 Å². The fraction of sp³-hybridized carbons (Fsp3) is 0.304. The normalized spacial score (nSPS) is 13.1. The van der Waals surface area contributed by atoms with Gasteiger partial charge in [-0.1, -0.05) is 50.2 Å².